The summed E-state index contributed by atoms with van der Waals surface area (Å²) in [6, 6.07) is 26.8. The third-order valence-corrected chi connectivity index (χ3v) is 9.17. The molecule has 0 aliphatic carbocycles. The molecule has 3 heterocycles. The van der Waals surface area contributed by atoms with Crippen molar-refractivity contribution < 1.29 is 28.4 Å². The van der Waals surface area contributed by atoms with Crippen LogP contribution in [-0.2, 0) is 33.5 Å². The van der Waals surface area contributed by atoms with E-state index in [1.165, 1.54) is 50.1 Å². The number of hydrogen-bond donors (Lipinski definition) is 0. The van der Waals surface area contributed by atoms with Crippen molar-refractivity contribution in [2.24, 2.45) is 0 Å². The van der Waals surface area contributed by atoms with E-state index in [0.717, 1.165) is 75.6 Å². The van der Waals surface area contributed by atoms with Crippen LogP contribution in [0.3, 0.4) is 0 Å². The quantitative estimate of drug-likeness (QED) is 0.100. The summed E-state index contributed by atoms with van der Waals surface area (Å²) in [5.74, 6) is 2.72. The molecule has 3 unspecified atom stereocenters. The maximum atomic E-state index is 6.11. The molecule has 48 heavy (non-hydrogen) atoms. The fourth-order valence-electron chi connectivity index (χ4n) is 6.41. The van der Waals surface area contributed by atoms with Gasteiger partial charge >= 0.3 is 0 Å². The van der Waals surface area contributed by atoms with Crippen LogP contribution in [0.4, 0.5) is 0 Å². The second-order valence-electron chi connectivity index (χ2n) is 13.3. The molecule has 6 heteroatoms. The van der Waals surface area contributed by atoms with Gasteiger partial charge in [-0.1, -0.05) is 58.2 Å². The zero-order valence-electron chi connectivity index (χ0n) is 28.6. The van der Waals surface area contributed by atoms with Crippen molar-refractivity contribution in [1.82, 2.24) is 0 Å². The minimum atomic E-state index is 0.228. The SMILES string of the molecule is CCCc1cc(OCC2CO2)ccc1-c1cc(-c2ccc(OCC3CO3)cc2CCC)cc(-c2ccc(OCC3CO3)cc2CCC)c1. The van der Waals surface area contributed by atoms with Crippen LogP contribution in [0.5, 0.6) is 17.2 Å². The third-order valence-electron chi connectivity index (χ3n) is 9.17. The standard InChI is InChI=1S/C42H48O6/c1-4-7-28-19-34(43-22-37-25-46-37)10-13-40(28)31-16-32(41-14-11-35(20-29(41)8-5-2)44-23-38-26-47-38)18-33(17-31)42-15-12-36(21-30(42)9-6-3)45-24-39-27-48-39/h10-21,37-39H,4-9,22-27H2,1-3H3. The summed E-state index contributed by atoms with van der Waals surface area (Å²) >= 11 is 0. The Labute approximate surface area is 285 Å². The predicted molar refractivity (Wildman–Crippen MR) is 190 cm³/mol. The van der Waals surface area contributed by atoms with E-state index in [-0.39, 0.29) is 18.3 Å². The number of aryl methyl sites for hydroxylation is 3. The molecule has 4 aromatic carbocycles. The Morgan fingerprint density at radius 2 is 0.750 bits per heavy atom. The highest BCUT2D eigenvalue weighted by Gasteiger charge is 2.25. The van der Waals surface area contributed by atoms with Crippen molar-refractivity contribution in [3.63, 3.8) is 0 Å². The van der Waals surface area contributed by atoms with E-state index < -0.39 is 0 Å². The number of rotatable bonds is 18. The van der Waals surface area contributed by atoms with Crippen LogP contribution in [0.15, 0.2) is 72.8 Å². The van der Waals surface area contributed by atoms with E-state index >= 15 is 0 Å². The number of ether oxygens (including phenoxy) is 6. The third kappa shape index (κ3) is 8.41. The highest BCUT2D eigenvalue weighted by Crippen LogP contribution is 2.39. The maximum absolute atomic E-state index is 6.11. The summed E-state index contributed by atoms with van der Waals surface area (Å²) in [5, 5.41) is 0. The van der Waals surface area contributed by atoms with Gasteiger partial charge < -0.3 is 28.4 Å². The van der Waals surface area contributed by atoms with Gasteiger partial charge in [-0.15, -0.1) is 0 Å². The normalized spacial score (nSPS) is 19.2. The zero-order chi connectivity index (χ0) is 32.9. The largest absolute Gasteiger partial charge is 0.491 e. The first-order chi connectivity index (χ1) is 23.6. The lowest BCUT2D eigenvalue weighted by molar-refractivity contribution is 0.263. The van der Waals surface area contributed by atoms with Gasteiger partial charge in [0.2, 0.25) is 0 Å². The van der Waals surface area contributed by atoms with Gasteiger partial charge in [-0.3, -0.25) is 0 Å². The van der Waals surface area contributed by atoms with E-state index in [0.29, 0.717) is 19.8 Å². The summed E-state index contributed by atoms with van der Waals surface area (Å²) in [7, 11) is 0. The molecule has 3 aliphatic rings. The maximum Gasteiger partial charge on any atom is 0.119 e. The summed E-state index contributed by atoms with van der Waals surface area (Å²) < 4.78 is 34.5. The lowest BCUT2D eigenvalue weighted by Gasteiger charge is -2.19. The summed E-state index contributed by atoms with van der Waals surface area (Å²) in [5.41, 5.74) is 11.3. The van der Waals surface area contributed by atoms with E-state index in [9.17, 15) is 0 Å². The Kier molecular flexibility index (Phi) is 10.3. The second-order valence-corrected chi connectivity index (χ2v) is 13.3. The van der Waals surface area contributed by atoms with Crippen molar-refractivity contribution in [3.05, 3.63) is 89.5 Å². The van der Waals surface area contributed by atoms with Gasteiger partial charge in [-0.2, -0.15) is 0 Å². The Hall–Kier alpha value is -3.84. The van der Waals surface area contributed by atoms with E-state index in [1.807, 2.05) is 0 Å². The molecule has 3 atom stereocenters. The van der Waals surface area contributed by atoms with Crippen molar-refractivity contribution in [2.45, 2.75) is 77.6 Å². The Bertz CT molecular complexity index is 1490. The molecule has 0 spiro atoms. The summed E-state index contributed by atoms with van der Waals surface area (Å²) in [6.07, 6.45) is 6.76. The zero-order valence-corrected chi connectivity index (χ0v) is 28.6. The number of epoxide rings is 3. The minimum Gasteiger partial charge on any atom is -0.491 e. The first-order valence-electron chi connectivity index (χ1n) is 17.9. The molecule has 3 saturated heterocycles. The molecule has 0 saturated carbocycles. The van der Waals surface area contributed by atoms with Gasteiger partial charge in [0.25, 0.3) is 0 Å². The van der Waals surface area contributed by atoms with E-state index in [4.69, 9.17) is 28.4 Å². The average molecular weight is 649 g/mol. The van der Waals surface area contributed by atoms with Gasteiger partial charge in [0.05, 0.1) is 19.8 Å². The molecule has 0 aromatic heterocycles. The van der Waals surface area contributed by atoms with Crippen molar-refractivity contribution >= 4 is 0 Å². The molecule has 3 aliphatic heterocycles. The van der Waals surface area contributed by atoms with Crippen molar-refractivity contribution in [1.29, 1.82) is 0 Å². The van der Waals surface area contributed by atoms with Crippen molar-refractivity contribution in [3.8, 4) is 50.6 Å². The van der Waals surface area contributed by atoms with Gasteiger partial charge in [0.1, 0.15) is 55.4 Å². The number of benzene rings is 4. The van der Waals surface area contributed by atoms with Crippen LogP contribution < -0.4 is 14.2 Å². The molecule has 7 rings (SSSR count). The highest BCUT2D eigenvalue weighted by atomic mass is 16.6. The topological polar surface area (TPSA) is 65.3 Å². The molecule has 4 aromatic rings. The van der Waals surface area contributed by atoms with E-state index in [1.54, 1.807) is 0 Å². The molecule has 252 valence electrons. The van der Waals surface area contributed by atoms with Gasteiger partial charge in [-0.05, 0) is 124 Å². The lowest BCUT2D eigenvalue weighted by atomic mass is 9.87. The lowest BCUT2D eigenvalue weighted by Crippen LogP contribution is -2.05. The average Bonchev–Trinajstić information content (AvgIpc) is 3.95. The first-order valence-corrected chi connectivity index (χ1v) is 17.9. The van der Waals surface area contributed by atoms with Gasteiger partial charge in [-0.25, -0.2) is 0 Å². The Morgan fingerprint density at radius 3 is 1.00 bits per heavy atom. The van der Waals surface area contributed by atoms with Gasteiger partial charge in [0.15, 0.2) is 0 Å². The van der Waals surface area contributed by atoms with Crippen LogP contribution in [0.2, 0.25) is 0 Å². The van der Waals surface area contributed by atoms with Crippen LogP contribution in [0.25, 0.3) is 33.4 Å². The van der Waals surface area contributed by atoms with Gasteiger partial charge in [0, 0.05) is 0 Å². The smallest absolute Gasteiger partial charge is 0.119 e. The second kappa shape index (κ2) is 15.1. The molecular formula is C42H48O6. The van der Waals surface area contributed by atoms with Crippen LogP contribution >= 0.6 is 0 Å². The predicted octanol–water partition coefficient (Wildman–Crippen LogP) is 8.88. The first kappa shape index (κ1) is 32.7. The molecular weight excluding hydrogens is 600 g/mol. The van der Waals surface area contributed by atoms with Crippen LogP contribution in [-0.4, -0.2) is 58.0 Å². The van der Waals surface area contributed by atoms with Crippen LogP contribution in [0, 0.1) is 0 Å². The Morgan fingerprint density at radius 1 is 0.458 bits per heavy atom. The number of hydrogen-bond acceptors (Lipinski definition) is 6. The molecule has 6 nitrogen and oxygen atoms in total. The molecule has 0 N–H and O–H groups in total. The summed E-state index contributed by atoms with van der Waals surface area (Å²) in [4.78, 5) is 0. The molecule has 0 bridgehead atoms. The van der Waals surface area contributed by atoms with Crippen LogP contribution in [0.1, 0.15) is 56.7 Å². The fraction of sp³-hybridized carbons (Fsp3) is 0.429. The molecule has 0 amide bonds. The van der Waals surface area contributed by atoms with Crippen molar-refractivity contribution in [2.75, 3.05) is 39.6 Å². The Balaban J connectivity index is 1.31. The minimum absolute atomic E-state index is 0.228. The molecule has 0 radical (unpaired) electrons. The molecule has 3 fully saturated rings. The van der Waals surface area contributed by atoms with E-state index in [2.05, 4.69) is 93.6 Å². The fourth-order valence-corrected chi connectivity index (χ4v) is 6.41. The monoisotopic (exact) mass is 648 g/mol. The highest BCUT2D eigenvalue weighted by molar-refractivity contribution is 5.84. The summed E-state index contributed by atoms with van der Waals surface area (Å²) in [6.45, 7) is 10.9.